The van der Waals surface area contributed by atoms with Crippen molar-refractivity contribution in [3.63, 3.8) is 0 Å². The molecule has 2 heterocycles. The van der Waals surface area contributed by atoms with E-state index in [1.165, 1.54) is 24.2 Å². The van der Waals surface area contributed by atoms with Gasteiger partial charge in [0.1, 0.15) is 11.4 Å². The van der Waals surface area contributed by atoms with Crippen molar-refractivity contribution in [2.75, 3.05) is 0 Å². The van der Waals surface area contributed by atoms with Gasteiger partial charge in [0.15, 0.2) is 5.16 Å². The number of carboxylic acids is 1. The molecule has 2 aromatic heterocycles. The molecule has 6 nitrogen and oxygen atoms in total. The van der Waals surface area contributed by atoms with Gasteiger partial charge in [0.2, 0.25) is 0 Å². The summed E-state index contributed by atoms with van der Waals surface area (Å²) in [6, 6.07) is 3.10. The third kappa shape index (κ3) is 2.03. The van der Waals surface area contributed by atoms with E-state index < -0.39 is 5.97 Å². The van der Waals surface area contributed by atoms with E-state index in [0.717, 1.165) is 0 Å². The summed E-state index contributed by atoms with van der Waals surface area (Å²) in [4.78, 5) is 18.9. The van der Waals surface area contributed by atoms with E-state index in [1.807, 2.05) is 0 Å². The maximum absolute atomic E-state index is 10.9. The topological polar surface area (TPSA) is 80.9 Å². The van der Waals surface area contributed by atoms with E-state index in [-0.39, 0.29) is 5.56 Å². The quantitative estimate of drug-likeness (QED) is 0.858. The summed E-state index contributed by atoms with van der Waals surface area (Å²) in [6.45, 7) is 0. The van der Waals surface area contributed by atoms with Crippen molar-refractivity contribution in [3.05, 3.63) is 30.2 Å². The number of pyridine rings is 1. The molecule has 0 spiro atoms. The molecule has 0 bridgehead atoms. The van der Waals surface area contributed by atoms with Gasteiger partial charge in [-0.25, -0.2) is 19.4 Å². The van der Waals surface area contributed by atoms with Crippen LogP contribution >= 0.6 is 11.8 Å². The molecule has 16 heavy (non-hydrogen) atoms. The zero-order valence-electron chi connectivity index (χ0n) is 8.36. The first-order valence-electron chi connectivity index (χ1n) is 4.38. The third-order valence-electron chi connectivity index (χ3n) is 1.86. The zero-order valence-corrected chi connectivity index (χ0v) is 9.18. The van der Waals surface area contributed by atoms with E-state index in [2.05, 4.69) is 15.1 Å². The predicted octanol–water partition coefficient (Wildman–Crippen LogP) is 1.06. The summed E-state index contributed by atoms with van der Waals surface area (Å²) in [5.41, 5.74) is 0.163. The lowest BCUT2D eigenvalue weighted by Crippen LogP contribution is -2.01. The first-order valence-corrected chi connectivity index (χ1v) is 5.20. The average Bonchev–Trinajstić information content (AvgIpc) is 2.65. The van der Waals surface area contributed by atoms with Gasteiger partial charge in [-0.3, -0.25) is 0 Å². The second-order valence-corrected chi connectivity index (χ2v) is 3.89. The molecule has 2 aromatic rings. The smallest absolute Gasteiger partial charge is 0.338 e. The van der Waals surface area contributed by atoms with Crippen LogP contribution in [0.4, 0.5) is 0 Å². The first kappa shape index (κ1) is 10.6. The Morgan fingerprint density at radius 3 is 2.94 bits per heavy atom. The van der Waals surface area contributed by atoms with Crippen LogP contribution in [-0.4, -0.2) is 30.8 Å². The van der Waals surface area contributed by atoms with E-state index in [9.17, 15) is 4.79 Å². The van der Waals surface area contributed by atoms with Crippen LogP contribution in [0.5, 0.6) is 0 Å². The Bertz CT molecular complexity index is 526. The molecular weight excluding hydrogens is 228 g/mol. The molecule has 0 unspecified atom stereocenters. The molecule has 0 fully saturated rings. The van der Waals surface area contributed by atoms with Crippen LogP contribution in [0, 0.1) is 0 Å². The fraction of sp³-hybridized carbons (Fsp3) is 0.111. The van der Waals surface area contributed by atoms with Gasteiger partial charge in [-0.15, -0.1) is 0 Å². The van der Waals surface area contributed by atoms with Gasteiger partial charge in [0, 0.05) is 13.2 Å². The lowest BCUT2D eigenvalue weighted by atomic mass is 10.3. The van der Waals surface area contributed by atoms with Gasteiger partial charge in [-0.05, 0) is 23.9 Å². The molecule has 0 saturated carbocycles. The molecule has 0 aliphatic carbocycles. The fourth-order valence-electron chi connectivity index (χ4n) is 1.10. The van der Waals surface area contributed by atoms with Crippen molar-refractivity contribution in [3.8, 4) is 0 Å². The Hall–Kier alpha value is -1.89. The summed E-state index contributed by atoms with van der Waals surface area (Å²) < 4.78 is 1.56. The largest absolute Gasteiger partial charge is 0.478 e. The van der Waals surface area contributed by atoms with E-state index in [1.54, 1.807) is 24.0 Å². The molecule has 0 aliphatic rings. The van der Waals surface area contributed by atoms with Crippen molar-refractivity contribution in [1.82, 2.24) is 19.7 Å². The molecule has 0 aromatic carbocycles. The maximum Gasteiger partial charge on any atom is 0.338 e. The minimum Gasteiger partial charge on any atom is -0.478 e. The highest BCUT2D eigenvalue weighted by molar-refractivity contribution is 7.99. The number of rotatable bonds is 3. The minimum atomic E-state index is -1.00. The number of nitrogens with zero attached hydrogens (tertiary/aromatic N) is 4. The number of aromatic carboxylic acids is 1. The second-order valence-electron chi connectivity index (χ2n) is 2.93. The van der Waals surface area contributed by atoms with Crippen molar-refractivity contribution >= 4 is 17.7 Å². The first-order chi connectivity index (χ1) is 7.68. The molecular formula is C9H8N4O2S. The highest BCUT2D eigenvalue weighted by Crippen LogP contribution is 2.26. The van der Waals surface area contributed by atoms with E-state index in [0.29, 0.717) is 10.2 Å². The van der Waals surface area contributed by atoms with E-state index in [4.69, 9.17) is 5.11 Å². The molecule has 7 heteroatoms. The Kier molecular flexibility index (Phi) is 2.86. The van der Waals surface area contributed by atoms with Gasteiger partial charge >= 0.3 is 5.97 Å². The van der Waals surface area contributed by atoms with Gasteiger partial charge < -0.3 is 5.11 Å². The van der Waals surface area contributed by atoms with Gasteiger partial charge in [-0.2, -0.15) is 5.10 Å². The Morgan fingerprint density at radius 2 is 2.31 bits per heavy atom. The SMILES string of the molecule is Cn1ncnc1Sc1ncccc1C(=O)O. The summed E-state index contributed by atoms with van der Waals surface area (Å²) in [5.74, 6) is -1.00. The Balaban J connectivity index is 2.35. The monoisotopic (exact) mass is 236 g/mol. The maximum atomic E-state index is 10.9. The van der Waals surface area contributed by atoms with Crippen LogP contribution in [-0.2, 0) is 7.05 Å². The van der Waals surface area contributed by atoms with Crippen LogP contribution in [0.25, 0.3) is 0 Å². The summed E-state index contributed by atoms with van der Waals surface area (Å²) >= 11 is 1.17. The molecule has 82 valence electrons. The standard InChI is InChI=1S/C9H8N4O2S/c1-13-9(11-5-12-13)16-7-6(8(14)15)3-2-4-10-7/h2-5H,1H3,(H,14,15). The molecule has 0 atom stereocenters. The molecule has 0 amide bonds. The molecule has 0 saturated heterocycles. The molecule has 0 aliphatic heterocycles. The van der Waals surface area contributed by atoms with Crippen LogP contribution < -0.4 is 0 Å². The number of carboxylic acid groups (broad SMARTS) is 1. The Morgan fingerprint density at radius 1 is 1.50 bits per heavy atom. The van der Waals surface area contributed by atoms with Gasteiger partial charge in [0.25, 0.3) is 0 Å². The van der Waals surface area contributed by atoms with Gasteiger partial charge in [-0.1, -0.05) is 0 Å². The summed E-state index contributed by atoms with van der Waals surface area (Å²) in [6.07, 6.45) is 2.96. The Labute approximate surface area is 95.3 Å². The van der Waals surface area contributed by atoms with Crippen LogP contribution in [0.15, 0.2) is 34.8 Å². The molecule has 0 radical (unpaired) electrons. The second kappa shape index (κ2) is 4.31. The van der Waals surface area contributed by atoms with Gasteiger partial charge in [0.05, 0.1) is 5.56 Å². The number of aryl methyl sites for hydroxylation is 1. The predicted molar refractivity (Wildman–Crippen MR) is 56.3 cm³/mol. The van der Waals surface area contributed by atoms with Crippen molar-refractivity contribution < 1.29 is 9.90 Å². The number of hydrogen-bond donors (Lipinski definition) is 1. The average molecular weight is 236 g/mol. The van der Waals surface area contributed by atoms with Crippen LogP contribution in [0.1, 0.15) is 10.4 Å². The fourth-order valence-corrected chi connectivity index (χ4v) is 1.93. The third-order valence-corrected chi connectivity index (χ3v) is 2.93. The number of aromatic nitrogens is 4. The highest BCUT2D eigenvalue weighted by Gasteiger charge is 2.13. The highest BCUT2D eigenvalue weighted by atomic mass is 32.2. The molecule has 2 rings (SSSR count). The minimum absolute atomic E-state index is 0.163. The van der Waals surface area contributed by atoms with Crippen molar-refractivity contribution in [1.29, 1.82) is 0 Å². The lowest BCUT2D eigenvalue weighted by molar-refractivity contribution is 0.0692. The molecule has 1 N–H and O–H groups in total. The number of carbonyl (C=O) groups is 1. The van der Waals surface area contributed by atoms with Crippen LogP contribution in [0.2, 0.25) is 0 Å². The summed E-state index contributed by atoms with van der Waals surface area (Å²) in [7, 11) is 1.73. The van der Waals surface area contributed by atoms with Crippen LogP contribution in [0.3, 0.4) is 0 Å². The number of hydrogen-bond acceptors (Lipinski definition) is 5. The normalized spacial score (nSPS) is 10.3. The zero-order chi connectivity index (χ0) is 11.5. The van der Waals surface area contributed by atoms with E-state index >= 15 is 0 Å². The van der Waals surface area contributed by atoms with Crippen molar-refractivity contribution in [2.24, 2.45) is 7.05 Å². The van der Waals surface area contributed by atoms with Crippen molar-refractivity contribution in [2.45, 2.75) is 10.2 Å². The lowest BCUT2D eigenvalue weighted by Gasteiger charge is -2.02. The summed E-state index contributed by atoms with van der Waals surface area (Å²) in [5, 5.41) is 13.9.